The van der Waals surface area contributed by atoms with Gasteiger partial charge in [-0.2, -0.15) is 0 Å². The van der Waals surface area contributed by atoms with E-state index in [1.54, 1.807) is 24.3 Å². The fraction of sp³-hybridized carbons (Fsp3) is 0.0870. The summed E-state index contributed by atoms with van der Waals surface area (Å²) in [6.45, 7) is 0.763. The lowest BCUT2D eigenvalue weighted by Crippen LogP contribution is -2.17. The van der Waals surface area contributed by atoms with Gasteiger partial charge < -0.3 is 9.47 Å². The van der Waals surface area contributed by atoms with E-state index in [-0.39, 0.29) is 16.1 Å². The summed E-state index contributed by atoms with van der Waals surface area (Å²) in [6.07, 6.45) is 0. The molecule has 1 amide bonds. The molecule has 172 valence electrons. The van der Waals surface area contributed by atoms with E-state index < -0.39 is 15.9 Å². The summed E-state index contributed by atoms with van der Waals surface area (Å²) in [5.41, 5.74) is 1.40. The van der Waals surface area contributed by atoms with Gasteiger partial charge in [0.05, 0.1) is 4.90 Å². The Bertz CT molecular complexity index is 1460. The monoisotopic (exact) mass is 494 g/mol. The van der Waals surface area contributed by atoms with Crippen molar-refractivity contribution in [3.8, 4) is 22.1 Å². The number of anilines is 2. The van der Waals surface area contributed by atoms with Gasteiger partial charge in [0, 0.05) is 22.9 Å². The highest BCUT2D eigenvalue weighted by molar-refractivity contribution is 7.92. The van der Waals surface area contributed by atoms with Crippen LogP contribution >= 0.6 is 11.3 Å². The molecule has 0 bridgehead atoms. The summed E-state index contributed by atoms with van der Waals surface area (Å²) >= 11 is 1.24. The zero-order valence-electron chi connectivity index (χ0n) is 17.6. The van der Waals surface area contributed by atoms with Gasteiger partial charge in [-0.1, -0.05) is 47.7 Å². The van der Waals surface area contributed by atoms with Crippen molar-refractivity contribution in [3.05, 3.63) is 78.4 Å². The normalized spacial score (nSPS) is 12.7. The highest BCUT2D eigenvalue weighted by atomic mass is 32.2. The van der Waals surface area contributed by atoms with Crippen LogP contribution in [0.3, 0.4) is 0 Å². The number of benzene rings is 3. The molecule has 9 nitrogen and oxygen atoms in total. The maximum atomic E-state index is 12.9. The minimum atomic E-state index is -3.91. The molecule has 3 aromatic carbocycles. The number of hydrogen-bond acceptors (Lipinski definition) is 8. The van der Waals surface area contributed by atoms with Gasteiger partial charge in [0.2, 0.25) is 5.13 Å². The van der Waals surface area contributed by atoms with Crippen molar-refractivity contribution in [2.75, 3.05) is 23.3 Å². The molecule has 0 saturated heterocycles. The summed E-state index contributed by atoms with van der Waals surface area (Å²) < 4.78 is 39.1. The molecule has 1 aliphatic rings. The smallest absolute Gasteiger partial charge is 0.262 e. The Balaban J connectivity index is 1.30. The van der Waals surface area contributed by atoms with E-state index >= 15 is 0 Å². The van der Waals surface area contributed by atoms with E-state index in [1.807, 2.05) is 30.3 Å². The van der Waals surface area contributed by atoms with Gasteiger partial charge in [0.1, 0.15) is 18.2 Å². The van der Waals surface area contributed by atoms with Crippen LogP contribution in [0.5, 0.6) is 11.5 Å². The average Bonchev–Trinajstić information content (AvgIpc) is 3.32. The second-order valence-corrected chi connectivity index (χ2v) is 9.88. The van der Waals surface area contributed by atoms with Gasteiger partial charge in [0.15, 0.2) is 11.5 Å². The van der Waals surface area contributed by atoms with Gasteiger partial charge >= 0.3 is 0 Å². The maximum Gasteiger partial charge on any atom is 0.262 e. The van der Waals surface area contributed by atoms with Crippen molar-refractivity contribution in [3.63, 3.8) is 0 Å². The third-order valence-electron chi connectivity index (χ3n) is 4.87. The number of carbonyl (C=O) groups is 1. The number of hydrogen-bond donors (Lipinski definition) is 2. The standard InChI is InChI=1S/C23H18N4O5S2/c28-21(24-23-26-25-22(33-23)15-5-2-1-3-6-15)16-7-4-8-17(13-16)27-34(29,30)18-9-10-19-20(14-18)32-12-11-31-19/h1-10,13-14,27H,11-12H2,(H,24,26,28). The van der Waals surface area contributed by atoms with Crippen molar-refractivity contribution < 1.29 is 22.7 Å². The molecule has 2 N–H and O–H groups in total. The molecule has 34 heavy (non-hydrogen) atoms. The minimum absolute atomic E-state index is 0.0221. The van der Waals surface area contributed by atoms with Gasteiger partial charge in [0.25, 0.3) is 15.9 Å². The average molecular weight is 495 g/mol. The molecular formula is C23H18N4O5S2. The summed E-state index contributed by atoms with van der Waals surface area (Å²) in [5, 5.41) is 11.8. The maximum absolute atomic E-state index is 12.9. The highest BCUT2D eigenvalue weighted by Gasteiger charge is 2.20. The molecule has 0 fully saturated rings. The van der Waals surface area contributed by atoms with E-state index in [9.17, 15) is 13.2 Å². The zero-order valence-corrected chi connectivity index (χ0v) is 19.2. The second-order valence-electron chi connectivity index (χ2n) is 7.22. The number of nitrogens with zero attached hydrogens (tertiary/aromatic N) is 2. The Morgan fingerprint density at radius 2 is 1.68 bits per heavy atom. The molecule has 0 saturated carbocycles. The number of carbonyl (C=O) groups excluding carboxylic acids is 1. The summed E-state index contributed by atoms with van der Waals surface area (Å²) in [4.78, 5) is 12.8. The Hall–Kier alpha value is -3.96. The Morgan fingerprint density at radius 3 is 2.50 bits per heavy atom. The quantitative estimate of drug-likeness (QED) is 0.415. The van der Waals surface area contributed by atoms with Crippen molar-refractivity contribution in [1.82, 2.24) is 10.2 Å². The first-order valence-electron chi connectivity index (χ1n) is 10.2. The lowest BCUT2D eigenvalue weighted by atomic mass is 10.2. The van der Waals surface area contributed by atoms with Crippen LogP contribution in [0.1, 0.15) is 10.4 Å². The lowest BCUT2D eigenvalue weighted by Gasteiger charge is -2.19. The molecule has 11 heteroatoms. The number of aromatic nitrogens is 2. The summed E-state index contributed by atoms with van der Waals surface area (Å²) in [6, 6.07) is 20.1. The SMILES string of the molecule is O=C(Nc1nnc(-c2ccccc2)s1)c1cccc(NS(=O)(=O)c2ccc3c(c2)OCCO3)c1. The molecule has 2 heterocycles. The van der Waals surface area contributed by atoms with E-state index in [0.29, 0.717) is 34.9 Å². The first-order valence-corrected chi connectivity index (χ1v) is 12.5. The minimum Gasteiger partial charge on any atom is -0.486 e. The van der Waals surface area contributed by atoms with Gasteiger partial charge in [-0.05, 0) is 30.3 Å². The van der Waals surface area contributed by atoms with E-state index in [4.69, 9.17) is 9.47 Å². The Morgan fingerprint density at radius 1 is 0.882 bits per heavy atom. The first kappa shape index (κ1) is 21.9. The largest absolute Gasteiger partial charge is 0.486 e. The molecule has 0 aliphatic carbocycles. The first-order chi connectivity index (χ1) is 16.5. The Labute approximate surface area is 199 Å². The number of sulfonamides is 1. The zero-order chi connectivity index (χ0) is 23.5. The van der Waals surface area contributed by atoms with E-state index in [0.717, 1.165) is 5.56 Å². The number of ether oxygens (including phenoxy) is 2. The topological polar surface area (TPSA) is 120 Å². The van der Waals surface area contributed by atoms with Crippen LogP contribution in [-0.4, -0.2) is 37.7 Å². The van der Waals surface area contributed by atoms with Crippen molar-refractivity contribution in [2.24, 2.45) is 0 Å². The summed E-state index contributed by atoms with van der Waals surface area (Å²) in [7, 11) is -3.91. The highest BCUT2D eigenvalue weighted by Crippen LogP contribution is 2.33. The van der Waals surface area contributed by atoms with Crippen LogP contribution in [0.2, 0.25) is 0 Å². The molecule has 0 unspecified atom stereocenters. The summed E-state index contributed by atoms with van der Waals surface area (Å²) in [5.74, 6) is 0.432. The number of nitrogens with one attached hydrogen (secondary N) is 2. The van der Waals surface area contributed by atoms with Crippen LogP contribution in [0, 0.1) is 0 Å². The fourth-order valence-corrected chi connectivity index (χ4v) is 5.08. The van der Waals surface area contributed by atoms with Crippen LogP contribution in [0.15, 0.2) is 77.7 Å². The number of rotatable bonds is 6. The van der Waals surface area contributed by atoms with Gasteiger partial charge in [-0.15, -0.1) is 10.2 Å². The fourth-order valence-electron chi connectivity index (χ4n) is 3.27. The molecular weight excluding hydrogens is 476 g/mol. The van der Waals surface area contributed by atoms with Gasteiger partial charge in [-0.3, -0.25) is 14.8 Å². The second kappa shape index (κ2) is 9.12. The van der Waals surface area contributed by atoms with Crippen LogP contribution in [0.25, 0.3) is 10.6 Å². The van der Waals surface area contributed by atoms with Crippen molar-refractivity contribution in [2.45, 2.75) is 4.90 Å². The predicted molar refractivity (Wildman–Crippen MR) is 128 cm³/mol. The molecule has 0 atom stereocenters. The predicted octanol–water partition coefficient (Wildman–Crippen LogP) is 4.03. The third kappa shape index (κ3) is 4.70. The van der Waals surface area contributed by atoms with E-state index in [2.05, 4.69) is 20.2 Å². The van der Waals surface area contributed by atoms with Gasteiger partial charge in [-0.25, -0.2) is 8.42 Å². The van der Waals surface area contributed by atoms with E-state index in [1.165, 1.54) is 29.5 Å². The molecule has 1 aromatic heterocycles. The van der Waals surface area contributed by atoms with Crippen LogP contribution in [0.4, 0.5) is 10.8 Å². The van der Waals surface area contributed by atoms with Crippen LogP contribution < -0.4 is 19.5 Å². The third-order valence-corrected chi connectivity index (χ3v) is 7.13. The molecule has 5 rings (SSSR count). The van der Waals surface area contributed by atoms with Crippen molar-refractivity contribution >= 4 is 38.1 Å². The number of fused-ring (bicyclic) bond motifs is 1. The van der Waals surface area contributed by atoms with Crippen LogP contribution in [-0.2, 0) is 10.0 Å². The number of amides is 1. The molecule has 4 aromatic rings. The Kier molecular flexibility index (Phi) is 5.86. The lowest BCUT2D eigenvalue weighted by molar-refractivity contribution is 0.102. The van der Waals surface area contributed by atoms with Crippen molar-refractivity contribution in [1.29, 1.82) is 0 Å². The molecule has 1 aliphatic heterocycles. The molecule has 0 spiro atoms. The molecule has 0 radical (unpaired) electrons.